The monoisotopic (exact) mass is 292 g/mol. The lowest BCUT2D eigenvalue weighted by Gasteiger charge is -2.29. The number of hydrogen-bond donors (Lipinski definition) is 1. The number of fused-ring (bicyclic) bond motifs is 1. The third-order valence-electron chi connectivity index (χ3n) is 3.25. The molecule has 6 heteroatoms. The Morgan fingerprint density at radius 3 is 3.05 bits per heavy atom. The van der Waals surface area contributed by atoms with E-state index in [2.05, 4.69) is 5.32 Å². The van der Waals surface area contributed by atoms with Gasteiger partial charge in [-0.25, -0.2) is 0 Å². The van der Waals surface area contributed by atoms with Crippen LogP contribution in [0, 0.1) is 6.92 Å². The second-order valence-electron chi connectivity index (χ2n) is 4.90. The first kappa shape index (κ1) is 15.3. The van der Waals surface area contributed by atoms with Crippen LogP contribution in [0.4, 0.5) is 5.69 Å². The van der Waals surface area contributed by atoms with Crippen molar-refractivity contribution in [3.8, 4) is 5.75 Å². The van der Waals surface area contributed by atoms with Crippen LogP contribution in [0.5, 0.6) is 5.75 Å². The number of nitrogens with one attached hydrogen (secondary N) is 1. The van der Waals surface area contributed by atoms with Gasteiger partial charge < -0.3 is 19.7 Å². The lowest BCUT2D eigenvalue weighted by molar-refractivity contribution is -0.122. The molecule has 0 unspecified atom stereocenters. The number of carbonyl (C=O) groups excluding carboxylic acids is 2. The second-order valence-corrected chi connectivity index (χ2v) is 4.90. The molecular formula is C15H20N2O4. The zero-order valence-corrected chi connectivity index (χ0v) is 12.3. The van der Waals surface area contributed by atoms with E-state index in [4.69, 9.17) is 9.47 Å². The van der Waals surface area contributed by atoms with Gasteiger partial charge in [-0.15, -0.1) is 0 Å². The average Bonchev–Trinajstić information content (AvgIpc) is 2.46. The Balaban J connectivity index is 1.98. The number of ether oxygens (including phenoxy) is 2. The van der Waals surface area contributed by atoms with E-state index in [9.17, 15) is 9.59 Å². The van der Waals surface area contributed by atoms with Gasteiger partial charge in [-0.1, -0.05) is 6.07 Å². The highest BCUT2D eigenvalue weighted by molar-refractivity contribution is 5.98. The molecule has 0 spiro atoms. The predicted octanol–water partition coefficient (Wildman–Crippen LogP) is 0.873. The maximum atomic E-state index is 12.0. The van der Waals surface area contributed by atoms with E-state index in [0.717, 1.165) is 11.3 Å². The fourth-order valence-corrected chi connectivity index (χ4v) is 2.15. The van der Waals surface area contributed by atoms with Crippen LogP contribution in [-0.2, 0) is 14.3 Å². The van der Waals surface area contributed by atoms with Crippen LogP contribution in [0.15, 0.2) is 18.2 Å². The number of hydrogen-bond acceptors (Lipinski definition) is 4. The normalized spacial score (nSPS) is 13.6. The number of methoxy groups -OCH3 is 1. The number of nitrogens with zero attached hydrogens (tertiary/aromatic N) is 1. The van der Waals surface area contributed by atoms with E-state index in [1.165, 1.54) is 0 Å². The quantitative estimate of drug-likeness (QED) is 0.790. The summed E-state index contributed by atoms with van der Waals surface area (Å²) in [5, 5.41) is 2.74. The Labute approximate surface area is 124 Å². The summed E-state index contributed by atoms with van der Waals surface area (Å²) < 4.78 is 10.3. The van der Waals surface area contributed by atoms with Crippen LogP contribution >= 0.6 is 0 Å². The third kappa shape index (κ3) is 3.95. The summed E-state index contributed by atoms with van der Waals surface area (Å²) in [6.45, 7) is 3.26. The lowest BCUT2D eigenvalue weighted by Crippen LogP contribution is -2.41. The first-order valence-corrected chi connectivity index (χ1v) is 6.91. The maximum Gasteiger partial charge on any atom is 0.265 e. The first-order valence-electron chi connectivity index (χ1n) is 6.91. The van der Waals surface area contributed by atoms with Gasteiger partial charge in [-0.2, -0.15) is 0 Å². The van der Waals surface area contributed by atoms with Gasteiger partial charge >= 0.3 is 0 Å². The van der Waals surface area contributed by atoms with Crippen LogP contribution in [0.1, 0.15) is 12.0 Å². The molecule has 1 aromatic rings. The zero-order chi connectivity index (χ0) is 15.2. The molecule has 0 fully saturated rings. The number of amides is 2. The molecule has 0 atom stereocenters. The SMILES string of the molecule is COCCNC(=O)CCN1C(=O)COc2ccc(C)cc21. The lowest BCUT2D eigenvalue weighted by atomic mass is 10.1. The van der Waals surface area contributed by atoms with Crippen molar-refractivity contribution in [2.75, 3.05) is 38.3 Å². The number of anilines is 1. The minimum atomic E-state index is -0.127. The molecule has 1 N–H and O–H groups in total. The van der Waals surface area contributed by atoms with E-state index in [1.54, 1.807) is 12.0 Å². The molecule has 0 aromatic heterocycles. The van der Waals surface area contributed by atoms with Crippen LogP contribution < -0.4 is 15.0 Å². The van der Waals surface area contributed by atoms with E-state index < -0.39 is 0 Å². The van der Waals surface area contributed by atoms with Crippen molar-refractivity contribution in [3.05, 3.63) is 23.8 Å². The molecule has 6 nitrogen and oxygen atoms in total. The molecule has 2 amide bonds. The standard InChI is InChI=1S/C15H20N2O4/c1-11-3-4-13-12(9-11)17(15(19)10-21-13)7-5-14(18)16-6-8-20-2/h3-4,9H,5-8,10H2,1-2H3,(H,16,18). The highest BCUT2D eigenvalue weighted by atomic mass is 16.5. The molecule has 0 saturated carbocycles. The van der Waals surface area contributed by atoms with Gasteiger partial charge in [-0.3, -0.25) is 9.59 Å². The smallest absolute Gasteiger partial charge is 0.265 e. The van der Waals surface area contributed by atoms with Gasteiger partial charge in [0.2, 0.25) is 5.91 Å². The highest BCUT2D eigenvalue weighted by Gasteiger charge is 2.25. The van der Waals surface area contributed by atoms with Crippen molar-refractivity contribution in [2.45, 2.75) is 13.3 Å². The largest absolute Gasteiger partial charge is 0.482 e. The number of aryl methyl sites for hydroxylation is 1. The van der Waals surface area contributed by atoms with Crippen molar-refractivity contribution in [3.63, 3.8) is 0 Å². The minimum Gasteiger partial charge on any atom is -0.482 e. The third-order valence-corrected chi connectivity index (χ3v) is 3.25. The molecule has 2 rings (SSSR count). The van der Waals surface area contributed by atoms with Gasteiger partial charge in [0, 0.05) is 26.6 Å². The fraction of sp³-hybridized carbons (Fsp3) is 0.467. The summed E-state index contributed by atoms with van der Waals surface area (Å²) >= 11 is 0. The van der Waals surface area contributed by atoms with Crippen LogP contribution in [0.2, 0.25) is 0 Å². The molecule has 0 bridgehead atoms. The van der Waals surface area contributed by atoms with Crippen molar-refractivity contribution in [1.82, 2.24) is 5.32 Å². The number of benzene rings is 1. The van der Waals surface area contributed by atoms with Crippen molar-refractivity contribution >= 4 is 17.5 Å². The van der Waals surface area contributed by atoms with Crippen LogP contribution in [-0.4, -0.2) is 45.2 Å². The molecule has 0 aliphatic carbocycles. The number of carbonyl (C=O) groups is 2. The summed E-state index contributed by atoms with van der Waals surface area (Å²) in [5.41, 5.74) is 1.78. The van der Waals surface area contributed by atoms with E-state index in [-0.39, 0.29) is 24.8 Å². The number of rotatable bonds is 6. The minimum absolute atomic E-state index is 0.0152. The fourth-order valence-electron chi connectivity index (χ4n) is 2.15. The molecule has 114 valence electrons. The van der Waals surface area contributed by atoms with Gasteiger partial charge in [-0.05, 0) is 24.6 Å². The van der Waals surface area contributed by atoms with Gasteiger partial charge in [0.25, 0.3) is 5.91 Å². The summed E-state index contributed by atoms with van der Waals surface area (Å²) in [7, 11) is 1.58. The Hall–Kier alpha value is -2.08. The van der Waals surface area contributed by atoms with Crippen molar-refractivity contribution in [2.24, 2.45) is 0 Å². The molecule has 0 saturated heterocycles. The second kappa shape index (κ2) is 7.08. The van der Waals surface area contributed by atoms with Gasteiger partial charge in [0.1, 0.15) is 5.75 Å². The highest BCUT2D eigenvalue weighted by Crippen LogP contribution is 2.32. The van der Waals surface area contributed by atoms with Crippen LogP contribution in [0.25, 0.3) is 0 Å². The Bertz CT molecular complexity index is 530. The summed E-state index contributed by atoms with van der Waals surface area (Å²) in [6.07, 6.45) is 0.253. The topological polar surface area (TPSA) is 67.9 Å². The van der Waals surface area contributed by atoms with E-state index in [1.807, 2.05) is 25.1 Å². The molecule has 21 heavy (non-hydrogen) atoms. The Morgan fingerprint density at radius 2 is 2.29 bits per heavy atom. The summed E-state index contributed by atoms with van der Waals surface area (Å²) in [5.74, 6) is 0.457. The van der Waals surface area contributed by atoms with Crippen LogP contribution in [0.3, 0.4) is 0 Å². The zero-order valence-electron chi connectivity index (χ0n) is 12.3. The van der Waals surface area contributed by atoms with Gasteiger partial charge in [0.15, 0.2) is 6.61 Å². The predicted molar refractivity (Wildman–Crippen MR) is 78.5 cm³/mol. The average molecular weight is 292 g/mol. The Kier molecular flexibility index (Phi) is 5.16. The molecule has 1 aliphatic rings. The Morgan fingerprint density at radius 1 is 1.48 bits per heavy atom. The first-order chi connectivity index (χ1) is 10.1. The van der Waals surface area contributed by atoms with Crippen molar-refractivity contribution in [1.29, 1.82) is 0 Å². The molecule has 1 heterocycles. The summed E-state index contributed by atoms with van der Waals surface area (Å²) in [4.78, 5) is 25.3. The van der Waals surface area contributed by atoms with E-state index in [0.29, 0.717) is 25.4 Å². The molecule has 0 radical (unpaired) electrons. The van der Waals surface area contributed by atoms with Gasteiger partial charge in [0.05, 0.1) is 12.3 Å². The van der Waals surface area contributed by atoms with E-state index >= 15 is 0 Å². The summed E-state index contributed by atoms with van der Waals surface area (Å²) in [6, 6.07) is 5.68. The maximum absolute atomic E-state index is 12.0. The molecular weight excluding hydrogens is 272 g/mol. The van der Waals surface area contributed by atoms with Crippen molar-refractivity contribution < 1.29 is 19.1 Å². The molecule has 1 aliphatic heterocycles. The molecule has 1 aromatic carbocycles.